The molecular formula is C17H19FN2O2. The second-order valence-electron chi connectivity index (χ2n) is 4.98. The van der Waals surface area contributed by atoms with Gasteiger partial charge in [-0.3, -0.25) is 0 Å². The molecule has 0 aromatic heterocycles. The molecule has 0 aliphatic heterocycles. The molecule has 22 heavy (non-hydrogen) atoms. The fourth-order valence-corrected chi connectivity index (χ4v) is 1.92. The lowest BCUT2D eigenvalue weighted by Gasteiger charge is -2.11. The van der Waals surface area contributed by atoms with Gasteiger partial charge in [-0.25, -0.2) is 9.18 Å². The number of anilines is 1. The summed E-state index contributed by atoms with van der Waals surface area (Å²) in [5.41, 5.74) is 2.83. The van der Waals surface area contributed by atoms with E-state index in [-0.39, 0.29) is 24.9 Å². The Balaban J connectivity index is 1.76. The Kier molecular flexibility index (Phi) is 5.36. The number of halogens is 1. The molecule has 5 heteroatoms. The molecule has 2 N–H and O–H groups in total. The smallest absolute Gasteiger partial charge is 0.319 e. The van der Waals surface area contributed by atoms with Gasteiger partial charge in [-0.1, -0.05) is 24.3 Å². The van der Waals surface area contributed by atoms with Crippen molar-refractivity contribution in [1.82, 2.24) is 5.32 Å². The van der Waals surface area contributed by atoms with Crippen molar-refractivity contribution in [1.29, 1.82) is 0 Å². The van der Waals surface area contributed by atoms with Gasteiger partial charge in [0.15, 0.2) is 11.6 Å². The second-order valence-corrected chi connectivity index (χ2v) is 4.98. The van der Waals surface area contributed by atoms with Crippen LogP contribution >= 0.6 is 0 Å². The molecule has 116 valence electrons. The molecular weight excluding hydrogens is 283 g/mol. The van der Waals surface area contributed by atoms with Crippen LogP contribution in [0.1, 0.15) is 11.1 Å². The van der Waals surface area contributed by atoms with Crippen molar-refractivity contribution in [2.24, 2.45) is 0 Å². The number of ether oxygens (including phenoxy) is 1. The normalized spacial score (nSPS) is 10.1. The minimum atomic E-state index is -0.415. The number of para-hydroxylation sites is 1. The van der Waals surface area contributed by atoms with Crippen LogP contribution in [-0.4, -0.2) is 19.2 Å². The van der Waals surface area contributed by atoms with E-state index in [0.29, 0.717) is 0 Å². The van der Waals surface area contributed by atoms with Gasteiger partial charge in [-0.05, 0) is 43.2 Å². The van der Waals surface area contributed by atoms with Gasteiger partial charge in [0.25, 0.3) is 0 Å². The maximum absolute atomic E-state index is 13.3. The van der Waals surface area contributed by atoms with Crippen LogP contribution in [0.2, 0.25) is 0 Å². The first-order chi connectivity index (χ1) is 10.6. The molecule has 2 aromatic rings. The Morgan fingerprint density at radius 3 is 2.73 bits per heavy atom. The molecule has 0 heterocycles. The number of aryl methyl sites for hydroxylation is 2. The first-order valence-electron chi connectivity index (χ1n) is 7.05. The van der Waals surface area contributed by atoms with Gasteiger partial charge in [0, 0.05) is 5.69 Å². The highest BCUT2D eigenvalue weighted by atomic mass is 19.1. The molecule has 0 aliphatic carbocycles. The van der Waals surface area contributed by atoms with Crippen molar-refractivity contribution in [3.05, 3.63) is 59.4 Å². The van der Waals surface area contributed by atoms with Gasteiger partial charge in [0.2, 0.25) is 0 Å². The molecule has 2 rings (SSSR count). The Morgan fingerprint density at radius 2 is 1.95 bits per heavy atom. The third-order valence-electron chi connectivity index (χ3n) is 3.12. The summed E-state index contributed by atoms with van der Waals surface area (Å²) in [4.78, 5) is 11.8. The summed E-state index contributed by atoms with van der Waals surface area (Å²) in [6.45, 7) is 4.37. The average Bonchev–Trinajstić information content (AvgIpc) is 2.49. The quantitative estimate of drug-likeness (QED) is 0.828. The van der Waals surface area contributed by atoms with E-state index in [2.05, 4.69) is 10.6 Å². The van der Waals surface area contributed by atoms with Crippen molar-refractivity contribution < 1.29 is 13.9 Å². The number of hydrogen-bond donors (Lipinski definition) is 2. The number of carbonyl (C=O) groups is 1. The summed E-state index contributed by atoms with van der Waals surface area (Å²) in [7, 11) is 0. The van der Waals surface area contributed by atoms with Crippen LogP contribution < -0.4 is 15.4 Å². The third kappa shape index (κ3) is 4.48. The highest BCUT2D eigenvalue weighted by molar-refractivity contribution is 5.90. The first-order valence-corrected chi connectivity index (χ1v) is 7.05. The van der Waals surface area contributed by atoms with E-state index in [1.807, 2.05) is 32.0 Å². The molecule has 0 fully saturated rings. The molecule has 2 aromatic carbocycles. The lowest BCUT2D eigenvalue weighted by molar-refractivity contribution is 0.246. The molecule has 0 spiro atoms. The molecule has 0 unspecified atom stereocenters. The fourth-order valence-electron chi connectivity index (χ4n) is 1.92. The molecule has 2 amide bonds. The zero-order valence-electron chi connectivity index (χ0n) is 12.7. The van der Waals surface area contributed by atoms with Crippen molar-refractivity contribution in [3.8, 4) is 5.75 Å². The van der Waals surface area contributed by atoms with E-state index in [9.17, 15) is 9.18 Å². The summed E-state index contributed by atoms with van der Waals surface area (Å²) >= 11 is 0. The number of nitrogens with one attached hydrogen (secondary N) is 2. The van der Waals surface area contributed by atoms with Crippen LogP contribution in [0.15, 0.2) is 42.5 Å². The predicted octanol–water partition coefficient (Wildman–Crippen LogP) is 3.64. The van der Waals surface area contributed by atoms with Crippen LogP contribution in [0.3, 0.4) is 0 Å². The van der Waals surface area contributed by atoms with E-state index in [1.165, 1.54) is 6.07 Å². The van der Waals surface area contributed by atoms with Crippen LogP contribution in [0.5, 0.6) is 5.75 Å². The highest BCUT2D eigenvalue weighted by Gasteiger charge is 2.05. The number of benzene rings is 2. The van der Waals surface area contributed by atoms with Gasteiger partial charge in [0.1, 0.15) is 6.61 Å². The van der Waals surface area contributed by atoms with Crippen LogP contribution in [0, 0.1) is 19.7 Å². The van der Waals surface area contributed by atoms with E-state index < -0.39 is 5.82 Å². The summed E-state index contributed by atoms with van der Waals surface area (Å²) in [5.74, 6) is -0.235. The Bertz CT molecular complexity index is 659. The highest BCUT2D eigenvalue weighted by Crippen LogP contribution is 2.16. The molecule has 0 aliphatic rings. The Morgan fingerprint density at radius 1 is 1.18 bits per heavy atom. The maximum Gasteiger partial charge on any atom is 0.319 e. The number of amides is 2. The number of rotatable bonds is 5. The molecule has 4 nitrogen and oxygen atoms in total. The molecule has 0 radical (unpaired) electrons. The lowest BCUT2D eigenvalue weighted by Crippen LogP contribution is -2.32. The van der Waals surface area contributed by atoms with E-state index in [0.717, 1.165) is 16.8 Å². The van der Waals surface area contributed by atoms with Gasteiger partial charge >= 0.3 is 6.03 Å². The lowest BCUT2D eigenvalue weighted by atomic mass is 10.1. The standard InChI is InChI=1S/C17H19FN2O2/c1-12-7-8-13(2)15(11-12)20-17(21)19-9-10-22-16-6-4-3-5-14(16)18/h3-8,11H,9-10H2,1-2H3,(H2,19,20,21). The number of carbonyl (C=O) groups excluding carboxylic acids is 1. The topological polar surface area (TPSA) is 50.4 Å². The predicted molar refractivity (Wildman–Crippen MR) is 84.8 cm³/mol. The van der Waals surface area contributed by atoms with Crippen molar-refractivity contribution in [3.63, 3.8) is 0 Å². The number of hydrogen-bond acceptors (Lipinski definition) is 2. The van der Waals surface area contributed by atoms with Crippen molar-refractivity contribution in [2.75, 3.05) is 18.5 Å². The van der Waals surface area contributed by atoms with E-state index >= 15 is 0 Å². The molecule has 0 bridgehead atoms. The van der Waals surface area contributed by atoms with Gasteiger partial charge in [0.05, 0.1) is 6.54 Å². The maximum atomic E-state index is 13.3. The molecule has 0 atom stereocenters. The van der Waals surface area contributed by atoms with Crippen LogP contribution in [-0.2, 0) is 0 Å². The van der Waals surface area contributed by atoms with Crippen LogP contribution in [0.4, 0.5) is 14.9 Å². The molecule has 0 saturated carbocycles. The first kappa shape index (κ1) is 15.8. The van der Waals surface area contributed by atoms with E-state index in [1.54, 1.807) is 18.2 Å². The Labute approximate surface area is 129 Å². The minimum Gasteiger partial charge on any atom is -0.489 e. The largest absolute Gasteiger partial charge is 0.489 e. The summed E-state index contributed by atoms with van der Waals surface area (Å²) in [6, 6.07) is 11.7. The summed E-state index contributed by atoms with van der Waals surface area (Å²) < 4.78 is 18.6. The van der Waals surface area contributed by atoms with Crippen LogP contribution in [0.25, 0.3) is 0 Å². The van der Waals surface area contributed by atoms with Gasteiger partial charge in [-0.15, -0.1) is 0 Å². The van der Waals surface area contributed by atoms with E-state index in [4.69, 9.17) is 4.74 Å². The zero-order chi connectivity index (χ0) is 15.9. The van der Waals surface area contributed by atoms with Gasteiger partial charge in [-0.2, -0.15) is 0 Å². The van der Waals surface area contributed by atoms with Gasteiger partial charge < -0.3 is 15.4 Å². The van der Waals surface area contributed by atoms with Crippen molar-refractivity contribution >= 4 is 11.7 Å². The SMILES string of the molecule is Cc1ccc(C)c(NC(=O)NCCOc2ccccc2F)c1. The fraction of sp³-hybridized carbons (Fsp3) is 0.235. The average molecular weight is 302 g/mol. The summed E-state index contributed by atoms with van der Waals surface area (Å²) in [5, 5.41) is 5.45. The molecule has 0 saturated heterocycles. The minimum absolute atomic E-state index is 0.180. The number of urea groups is 1. The second kappa shape index (κ2) is 7.45. The monoisotopic (exact) mass is 302 g/mol. The summed E-state index contributed by atoms with van der Waals surface area (Å²) in [6.07, 6.45) is 0. The van der Waals surface area contributed by atoms with Crippen molar-refractivity contribution in [2.45, 2.75) is 13.8 Å². The Hall–Kier alpha value is -2.56. The third-order valence-corrected chi connectivity index (χ3v) is 3.12. The zero-order valence-corrected chi connectivity index (χ0v) is 12.7.